The zero-order chi connectivity index (χ0) is 12.0. The van der Waals surface area contributed by atoms with E-state index in [0.717, 1.165) is 18.4 Å². The SMILES string of the molecule is CCC[C@@H](C)NC(=O)Cc1cccc(Cl)c1. The van der Waals surface area contributed by atoms with Gasteiger partial charge in [-0.2, -0.15) is 0 Å². The molecule has 0 aliphatic rings. The first-order chi connectivity index (χ1) is 7.61. The summed E-state index contributed by atoms with van der Waals surface area (Å²) >= 11 is 5.85. The van der Waals surface area contributed by atoms with E-state index in [-0.39, 0.29) is 11.9 Å². The van der Waals surface area contributed by atoms with E-state index in [4.69, 9.17) is 11.6 Å². The Morgan fingerprint density at radius 1 is 1.50 bits per heavy atom. The monoisotopic (exact) mass is 239 g/mol. The molecular weight excluding hydrogens is 222 g/mol. The molecule has 0 fully saturated rings. The lowest BCUT2D eigenvalue weighted by Gasteiger charge is -2.12. The highest BCUT2D eigenvalue weighted by Gasteiger charge is 2.07. The number of hydrogen-bond acceptors (Lipinski definition) is 1. The van der Waals surface area contributed by atoms with E-state index in [1.807, 2.05) is 31.2 Å². The molecule has 1 amide bonds. The van der Waals surface area contributed by atoms with Gasteiger partial charge in [-0.25, -0.2) is 0 Å². The Balaban J connectivity index is 2.45. The van der Waals surface area contributed by atoms with E-state index in [9.17, 15) is 4.79 Å². The second kappa shape index (κ2) is 6.54. The predicted octanol–water partition coefficient (Wildman–Crippen LogP) is 3.19. The third-order valence-electron chi connectivity index (χ3n) is 2.38. The van der Waals surface area contributed by atoms with Crippen LogP contribution < -0.4 is 5.32 Å². The minimum absolute atomic E-state index is 0.0585. The van der Waals surface area contributed by atoms with Crippen molar-refractivity contribution in [3.8, 4) is 0 Å². The van der Waals surface area contributed by atoms with E-state index in [0.29, 0.717) is 11.4 Å². The lowest BCUT2D eigenvalue weighted by atomic mass is 10.1. The molecule has 0 saturated heterocycles. The first-order valence-electron chi connectivity index (χ1n) is 5.65. The molecule has 0 aliphatic heterocycles. The van der Waals surface area contributed by atoms with Gasteiger partial charge in [-0.15, -0.1) is 0 Å². The molecule has 1 aromatic rings. The molecule has 88 valence electrons. The van der Waals surface area contributed by atoms with Crippen molar-refractivity contribution in [1.82, 2.24) is 5.32 Å². The van der Waals surface area contributed by atoms with Gasteiger partial charge in [0.2, 0.25) is 5.91 Å². The van der Waals surface area contributed by atoms with E-state index in [1.165, 1.54) is 0 Å². The number of rotatable bonds is 5. The number of carbonyl (C=O) groups excluding carboxylic acids is 1. The number of nitrogens with one attached hydrogen (secondary N) is 1. The van der Waals surface area contributed by atoms with Gasteiger partial charge in [-0.1, -0.05) is 37.1 Å². The Morgan fingerprint density at radius 2 is 2.25 bits per heavy atom. The third kappa shape index (κ3) is 4.67. The molecule has 16 heavy (non-hydrogen) atoms. The van der Waals surface area contributed by atoms with Crippen molar-refractivity contribution in [2.75, 3.05) is 0 Å². The highest BCUT2D eigenvalue weighted by Crippen LogP contribution is 2.11. The molecule has 0 saturated carbocycles. The van der Waals surface area contributed by atoms with Crippen LogP contribution in [0.25, 0.3) is 0 Å². The van der Waals surface area contributed by atoms with Crippen LogP contribution in [0.2, 0.25) is 5.02 Å². The van der Waals surface area contributed by atoms with Crippen LogP contribution in [0, 0.1) is 0 Å². The Kier molecular flexibility index (Phi) is 5.33. The average molecular weight is 240 g/mol. The van der Waals surface area contributed by atoms with Gasteiger partial charge in [-0.3, -0.25) is 4.79 Å². The molecule has 0 spiro atoms. The van der Waals surface area contributed by atoms with E-state index in [1.54, 1.807) is 0 Å². The Labute approximate surface area is 102 Å². The molecule has 2 nitrogen and oxygen atoms in total. The molecule has 1 rings (SSSR count). The van der Waals surface area contributed by atoms with Crippen molar-refractivity contribution in [3.63, 3.8) is 0 Å². The van der Waals surface area contributed by atoms with Crippen LogP contribution in [-0.2, 0) is 11.2 Å². The second-order valence-electron chi connectivity index (χ2n) is 4.06. The summed E-state index contributed by atoms with van der Waals surface area (Å²) in [6.45, 7) is 4.14. The zero-order valence-electron chi connectivity index (χ0n) is 9.79. The van der Waals surface area contributed by atoms with Crippen LogP contribution in [0.1, 0.15) is 32.3 Å². The average Bonchev–Trinajstić information content (AvgIpc) is 2.17. The molecule has 0 aromatic heterocycles. The van der Waals surface area contributed by atoms with Gasteiger partial charge in [-0.05, 0) is 31.0 Å². The summed E-state index contributed by atoms with van der Waals surface area (Å²) in [6.07, 6.45) is 2.49. The summed E-state index contributed by atoms with van der Waals surface area (Å²) < 4.78 is 0. The van der Waals surface area contributed by atoms with Crippen molar-refractivity contribution in [2.24, 2.45) is 0 Å². The van der Waals surface area contributed by atoms with Crippen LogP contribution in [0.4, 0.5) is 0 Å². The van der Waals surface area contributed by atoms with E-state index in [2.05, 4.69) is 12.2 Å². The first-order valence-corrected chi connectivity index (χ1v) is 6.03. The van der Waals surface area contributed by atoms with Crippen LogP contribution >= 0.6 is 11.6 Å². The van der Waals surface area contributed by atoms with Gasteiger partial charge in [0.05, 0.1) is 6.42 Å². The Morgan fingerprint density at radius 3 is 2.88 bits per heavy atom. The number of hydrogen-bond donors (Lipinski definition) is 1. The van der Waals surface area contributed by atoms with Gasteiger partial charge in [0.15, 0.2) is 0 Å². The Bertz CT molecular complexity index is 352. The maximum atomic E-state index is 11.7. The fourth-order valence-corrected chi connectivity index (χ4v) is 1.88. The highest BCUT2D eigenvalue weighted by molar-refractivity contribution is 6.30. The van der Waals surface area contributed by atoms with Gasteiger partial charge >= 0.3 is 0 Å². The quantitative estimate of drug-likeness (QED) is 0.840. The summed E-state index contributed by atoms with van der Waals surface area (Å²) in [6, 6.07) is 7.65. The van der Waals surface area contributed by atoms with E-state index < -0.39 is 0 Å². The standard InChI is InChI=1S/C13H18ClNO/c1-3-5-10(2)15-13(16)9-11-6-4-7-12(14)8-11/h4,6-8,10H,3,5,9H2,1-2H3,(H,15,16)/t10-/m1/s1. The summed E-state index contributed by atoms with van der Waals surface area (Å²) in [4.78, 5) is 11.7. The number of halogens is 1. The third-order valence-corrected chi connectivity index (χ3v) is 2.62. The first kappa shape index (κ1) is 13.0. The maximum absolute atomic E-state index is 11.7. The van der Waals surface area contributed by atoms with Crippen molar-refractivity contribution >= 4 is 17.5 Å². The van der Waals surface area contributed by atoms with Crippen LogP contribution in [0.15, 0.2) is 24.3 Å². The number of carbonyl (C=O) groups is 1. The van der Waals surface area contributed by atoms with Crippen LogP contribution in [-0.4, -0.2) is 11.9 Å². The van der Waals surface area contributed by atoms with Crippen molar-refractivity contribution < 1.29 is 4.79 Å². The number of benzene rings is 1. The highest BCUT2D eigenvalue weighted by atomic mass is 35.5. The normalized spacial score (nSPS) is 12.2. The summed E-state index contributed by atoms with van der Waals surface area (Å²) in [5.74, 6) is 0.0585. The van der Waals surface area contributed by atoms with Gasteiger partial charge < -0.3 is 5.32 Å². The molecule has 0 radical (unpaired) electrons. The van der Waals surface area contributed by atoms with Gasteiger partial charge in [0, 0.05) is 11.1 Å². The minimum atomic E-state index is 0.0585. The molecule has 1 atom stereocenters. The predicted molar refractivity (Wildman–Crippen MR) is 67.7 cm³/mol. The van der Waals surface area contributed by atoms with Crippen molar-refractivity contribution in [2.45, 2.75) is 39.2 Å². The molecular formula is C13H18ClNO. The second-order valence-corrected chi connectivity index (χ2v) is 4.50. The summed E-state index contributed by atoms with van der Waals surface area (Å²) in [5, 5.41) is 3.64. The fourth-order valence-electron chi connectivity index (χ4n) is 1.66. The van der Waals surface area contributed by atoms with Gasteiger partial charge in [0.1, 0.15) is 0 Å². The molecule has 1 aromatic carbocycles. The minimum Gasteiger partial charge on any atom is -0.353 e. The lowest BCUT2D eigenvalue weighted by Crippen LogP contribution is -2.33. The fraction of sp³-hybridized carbons (Fsp3) is 0.462. The topological polar surface area (TPSA) is 29.1 Å². The van der Waals surface area contributed by atoms with Crippen LogP contribution in [0.5, 0.6) is 0 Å². The summed E-state index contributed by atoms with van der Waals surface area (Å²) in [7, 11) is 0. The van der Waals surface area contributed by atoms with Crippen molar-refractivity contribution in [3.05, 3.63) is 34.9 Å². The van der Waals surface area contributed by atoms with Crippen LogP contribution in [0.3, 0.4) is 0 Å². The summed E-state index contributed by atoms with van der Waals surface area (Å²) in [5.41, 5.74) is 0.952. The van der Waals surface area contributed by atoms with Crippen molar-refractivity contribution in [1.29, 1.82) is 0 Å². The Hall–Kier alpha value is -1.02. The molecule has 0 bridgehead atoms. The zero-order valence-corrected chi connectivity index (χ0v) is 10.6. The van der Waals surface area contributed by atoms with E-state index >= 15 is 0 Å². The molecule has 1 N–H and O–H groups in total. The molecule has 3 heteroatoms. The molecule has 0 heterocycles. The number of amides is 1. The smallest absolute Gasteiger partial charge is 0.224 e. The van der Waals surface area contributed by atoms with Gasteiger partial charge in [0.25, 0.3) is 0 Å². The largest absolute Gasteiger partial charge is 0.353 e. The lowest BCUT2D eigenvalue weighted by molar-refractivity contribution is -0.121. The maximum Gasteiger partial charge on any atom is 0.224 e. The molecule has 0 aliphatic carbocycles. The molecule has 0 unspecified atom stereocenters.